The van der Waals surface area contributed by atoms with Gasteiger partial charge in [-0.1, -0.05) is 29.8 Å². The maximum absolute atomic E-state index is 10.3. The molecule has 2 heterocycles. The minimum Gasteiger partial charge on any atom is -0.394 e. The first-order valence-electron chi connectivity index (χ1n) is 11.2. The quantitative estimate of drug-likeness (QED) is 0.750. The zero-order valence-electron chi connectivity index (χ0n) is 17.3. The van der Waals surface area contributed by atoms with Crippen LogP contribution in [0.4, 0.5) is 5.69 Å². The summed E-state index contributed by atoms with van der Waals surface area (Å²) in [5.41, 5.74) is 7.40. The van der Waals surface area contributed by atoms with Crippen molar-refractivity contribution >= 4 is 17.3 Å². The van der Waals surface area contributed by atoms with Crippen LogP contribution in [0, 0.1) is 0 Å². The SMILES string of the molecule is OCC1CC(O)CC(c2cc(Cc3ccc(N4CCC4)cc3)c(Cl)c3c2CCC3)O1. The zero-order valence-corrected chi connectivity index (χ0v) is 18.1. The third-order valence-corrected chi connectivity index (χ3v) is 7.39. The van der Waals surface area contributed by atoms with E-state index in [1.54, 1.807) is 0 Å². The van der Waals surface area contributed by atoms with Crippen LogP contribution in [-0.2, 0) is 24.0 Å². The third-order valence-electron chi connectivity index (χ3n) is 6.92. The molecule has 2 aromatic carbocycles. The van der Waals surface area contributed by atoms with Crippen LogP contribution in [0.1, 0.15) is 59.6 Å². The first kappa shape index (κ1) is 20.3. The van der Waals surface area contributed by atoms with Gasteiger partial charge in [0.1, 0.15) is 0 Å². The summed E-state index contributed by atoms with van der Waals surface area (Å²) in [5.74, 6) is 0. The molecule has 5 rings (SSSR count). The van der Waals surface area contributed by atoms with E-state index in [-0.39, 0.29) is 18.8 Å². The van der Waals surface area contributed by atoms with Crippen molar-refractivity contribution in [2.45, 2.75) is 63.3 Å². The van der Waals surface area contributed by atoms with Gasteiger partial charge in [0.25, 0.3) is 0 Å². The summed E-state index contributed by atoms with van der Waals surface area (Å²) in [6, 6.07) is 11.0. The average Bonchev–Trinajstić information content (AvgIpc) is 3.20. The topological polar surface area (TPSA) is 52.9 Å². The molecule has 2 saturated heterocycles. The molecule has 2 fully saturated rings. The standard InChI is InChI=1S/C25H30ClNO3/c26-25-17(11-16-5-7-18(8-6-16)27-9-2-10-27)12-23(21-3-1-4-22(21)25)24-14-19(29)13-20(15-28)30-24/h5-8,12,19-20,24,28-29H,1-4,9-11,13-15H2. The Kier molecular flexibility index (Phi) is 5.76. The molecule has 0 spiro atoms. The van der Waals surface area contributed by atoms with E-state index in [1.807, 2.05) is 0 Å². The molecule has 4 nitrogen and oxygen atoms in total. The lowest BCUT2D eigenvalue weighted by Crippen LogP contribution is -2.36. The number of aliphatic hydroxyl groups excluding tert-OH is 2. The van der Waals surface area contributed by atoms with Crippen LogP contribution in [0.25, 0.3) is 0 Å². The molecule has 3 aliphatic rings. The van der Waals surface area contributed by atoms with Gasteiger partial charge in [-0.25, -0.2) is 0 Å². The Balaban J connectivity index is 1.44. The van der Waals surface area contributed by atoms with Crippen LogP contribution in [-0.4, -0.2) is 42.1 Å². The molecular formula is C25H30ClNO3. The fourth-order valence-electron chi connectivity index (χ4n) is 5.18. The predicted octanol–water partition coefficient (Wildman–Crippen LogP) is 4.20. The van der Waals surface area contributed by atoms with E-state index < -0.39 is 6.10 Å². The maximum atomic E-state index is 10.3. The van der Waals surface area contributed by atoms with Gasteiger partial charge in [-0.2, -0.15) is 0 Å². The highest BCUT2D eigenvalue weighted by atomic mass is 35.5. The summed E-state index contributed by atoms with van der Waals surface area (Å²) in [7, 11) is 0. The van der Waals surface area contributed by atoms with E-state index in [2.05, 4.69) is 35.2 Å². The molecule has 5 heteroatoms. The van der Waals surface area contributed by atoms with Crippen LogP contribution in [0.15, 0.2) is 30.3 Å². The first-order chi connectivity index (χ1) is 14.6. The van der Waals surface area contributed by atoms with Crippen molar-refractivity contribution in [2.75, 3.05) is 24.6 Å². The number of halogens is 1. The number of aliphatic hydroxyl groups is 2. The predicted molar refractivity (Wildman–Crippen MR) is 119 cm³/mol. The van der Waals surface area contributed by atoms with Gasteiger partial charge < -0.3 is 19.8 Å². The Hall–Kier alpha value is -1.59. The van der Waals surface area contributed by atoms with Gasteiger partial charge in [0.15, 0.2) is 0 Å². The lowest BCUT2D eigenvalue weighted by Gasteiger charge is -2.34. The van der Waals surface area contributed by atoms with Crippen LogP contribution >= 0.6 is 11.6 Å². The van der Waals surface area contributed by atoms with E-state index >= 15 is 0 Å². The highest BCUT2D eigenvalue weighted by molar-refractivity contribution is 6.32. The molecule has 2 aromatic rings. The van der Waals surface area contributed by atoms with Crippen molar-refractivity contribution in [3.8, 4) is 0 Å². The second-order valence-electron chi connectivity index (χ2n) is 8.99. The molecule has 2 N–H and O–H groups in total. The Morgan fingerprint density at radius 1 is 1.03 bits per heavy atom. The Labute approximate surface area is 183 Å². The first-order valence-corrected chi connectivity index (χ1v) is 11.6. The Bertz CT molecular complexity index is 910. The van der Waals surface area contributed by atoms with Gasteiger partial charge in [0, 0.05) is 36.6 Å². The van der Waals surface area contributed by atoms with Gasteiger partial charge in [0.2, 0.25) is 0 Å². The molecule has 0 radical (unpaired) electrons. The number of hydrogen-bond donors (Lipinski definition) is 2. The van der Waals surface area contributed by atoms with Gasteiger partial charge in [-0.15, -0.1) is 0 Å². The molecule has 3 atom stereocenters. The van der Waals surface area contributed by atoms with Crippen molar-refractivity contribution in [1.29, 1.82) is 0 Å². The number of fused-ring (bicyclic) bond motifs is 1. The smallest absolute Gasteiger partial charge is 0.0857 e. The number of benzene rings is 2. The number of nitrogens with zero attached hydrogens (tertiary/aromatic N) is 1. The Morgan fingerprint density at radius 2 is 1.80 bits per heavy atom. The summed E-state index contributed by atoms with van der Waals surface area (Å²) in [6.45, 7) is 2.25. The summed E-state index contributed by atoms with van der Waals surface area (Å²) < 4.78 is 6.16. The highest BCUT2D eigenvalue weighted by Crippen LogP contribution is 2.42. The minimum absolute atomic E-state index is 0.0560. The van der Waals surface area contributed by atoms with E-state index in [4.69, 9.17) is 16.3 Å². The summed E-state index contributed by atoms with van der Waals surface area (Å²) in [4.78, 5) is 2.40. The molecule has 0 amide bonds. The van der Waals surface area contributed by atoms with E-state index in [0.29, 0.717) is 12.8 Å². The molecule has 160 valence electrons. The molecule has 0 aromatic heterocycles. The largest absolute Gasteiger partial charge is 0.394 e. The minimum atomic E-state index is -0.439. The van der Waals surface area contributed by atoms with Crippen LogP contribution in [0.3, 0.4) is 0 Å². The fraction of sp³-hybridized carbons (Fsp3) is 0.520. The van der Waals surface area contributed by atoms with Crippen molar-refractivity contribution in [3.05, 3.63) is 63.2 Å². The molecule has 3 unspecified atom stereocenters. The summed E-state index contributed by atoms with van der Waals surface area (Å²) in [6.07, 6.45) is 5.35. The average molecular weight is 428 g/mol. The lowest BCUT2D eigenvalue weighted by molar-refractivity contribution is -0.114. The fourth-order valence-corrected chi connectivity index (χ4v) is 5.51. The normalized spacial score (nSPS) is 25.8. The van der Waals surface area contributed by atoms with Crippen molar-refractivity contribution in [2.24, 2.45) is 0 Å². The monoisotopic (exact) mass is 427 g/mol. The molecular weight excluding hydrogens is 398 g/mol. The Morgan fingerprint density at radius 3 is 2.50 bits per heavy atom. The van der Waals surface area contributed by atoms with Gasteiger partial charge in [-0.05, 0) is 72.1 Å². The highest BCUT2D eigenvalue weighted by Gasteiger charge is 2.33. The summed E-state index contributed by atoms with van der Waals surface area (Å²) >= 11 is 6.87. The van der Waals surface area contributed by atoms with Crippen LogP contribution < -0.4 is 4.90 Å². The second kappa shape index (κ2) is 8.51. The molecule has 2 aliphatic heterocycles. The molecule has 30 heavy (non-hydrogen) atoms. The molecule has 1 aliphatic carbocycles. The van der Waals surface area contributed by atoms with Crippen molar-refractivity contribution in [3.63, 3.8) is 0 Å². The number of anilines is 1. The number of ether oxygens (including phenoxy) is 1. The van der Waals surface area contributed by atoms with Crippen LogP contribution in [0.5, 0.6) is 0 Å². The molecule has 0 bridgehead atoms. The lowest BCUT2D eigenvalue weighted by atomic mass is 9.89. The van der Waals surface area contributed by atoms with E-state index in [0.717, 1.165) is 54.9 Å². The number of hydrogen-bond acceptors (Lipinski definition) is 4. The third kappa shape index (κ3) is 3.87. The van der Waals surface area contributed by atoms with Gasteiger partial charge in [0.05, 0.1) is 24.9 Å². The summed E-state index contributed by atoms with van der Waals surface area (Å²) in [5, 5.41) is 20.8. The van der Waals surface area contributed by atoms with Crippen LogP contribution in [0.2, 0.25) is 5.02 Å². The maximum Gasteiger partial charge on any atom is 0.0857 e. The number of rotatable bonds is 5. The van der Waals surface area contributed by atoms with Gasteiger partial charge in [-0.3, -0.25) is 0 Å². The van der Waals surface area contributed by atoms with Crippen molar-refractivity contribution in [1.82, 2.24) is 0 Å². The second-order valence-corrected chi connectivity index (χ2v) is 9.37. The van der Waals surface area contributed by atoms with Gasteiger partial charge >= 0.3 is 0 Å². The zero-order chi connectivity index (χ0) is 20.7. The molecule has 0 saturated carbocycles. The van der Waals surface area contributed by atoms with E-state index in [9.17, 15) is 10.2 Å². The van der Waals surface area contributed by atoms with E-state index in [1.165, 1.54) is 28.8 Å². The van der Waals surface area contributed by atoms with Crippen molar-refractivity contribution < 1.29 is 14.9 Å².